The van der Waals surface area contributed by atoms with Crippen LogP contribution in [-0.2, 0) is 6.42 Å². The molecule has 1 unspecified atom stereocenters. The Hall–Kier alpha value is -1.33. The zero-order valence-electron chi connectivity index (χ0n) is 11.9. The highest BCUT2D eigenvalue weighted by molar-refractivity contribution is 7.99. The summed E-state index contributed by atoms with van der Waals surface area (Å²) in [5, 5.41) is 13.7. The monoisotopic (exact) mass is 292 g/mol. The molecule has 1 aromatic carbocycles. The van der Waals surface area contributed by atoms with Gasteiger partial charge in [-0.2, -0.15) is 4.98 Å². The Balaban J connectivity index is 2.04. The molecule has 0 aliphatic carbocycles. The summed E-state index contributed by atoms with van der Waals surface area (Å²) >= 11 is 1.80. The van der Waals surface area contributed by atoms with Gasteiger partial charge in [-0.1, -0.05) is 25.4 Å². The molecular weight excluding hydrogens is 272 g/mol. The van der Waals surface area contributed by atoms with Gasteiger partial charge in [0.2, 0.25) is 11.7 Å². The van der Waals surface area contributed by atoms with Crippen molar-refractivity contribution < 1.29 is 9.63 Å². The van der Waals surface area contributed by atoms with Gasteiger partial charge in [-0.15, -0.1) is 11.8 Å². The largest absolute Gasteiger partial charge is 0.393 e. The predicted octanol–water partition coefficient (Wildman–Crippen LogP) is 3.55. The molecule has 1 atom stereocenters. The van der Waals surface area contributed by atoms with E-state index in [1.54, 1.807) is 11.8 Å². The molecule has 0 bridgehead atoms. The van der Waals surface area contributed by atoms with Crippen LogP contribution in [0.15, 0.2) is 33.7 Å². The highest BCUT2D eigenvalue weighted by Crippen LogP contribution is 2.22. The van der Waals surface area contributed by atoms with Gasteiger partial charge in [-0.25, -0.2) is 0 Å². The highest BCUT2D eigenvalue weighted by atomic mass is 32.2. The number of thioether (sulfide) groups is 1. The Morgan fingerprint density at radius 3 is 2.65 bits per heavy atom. The predicted molar refractivity (Wildman–Crippen MR) is 80.8 cm³/mol. The summed E-state index contributed by atoms with van der Waals surface area (Å²) in [6, 6.07) is 8.11. The first kappa shape index (κ1) is 15.1. The molecular formula is C15H20N2O2S. The van der Waals surface area contributed by atoms with Gasteiger partial charge in [0, 0.05) is 10.5 Å². The summed E-state index contributed by atoms with van der Waals surface area (Å²) in [6.45, 7) is 4.17. The van der Waals surface area contributed by atoms with Crippen molar-refractivity contribution in [3.63, 3.8) is 0 Å². The molecule has 0 saturated heterocycles. The summed E-state index contributed by atoms with van der Waals surface area (Å²) in [7, 11) is 0. The van der Waals surface area contributed by atoms with Crippen molar-refractivity contribution in [1.82, 2.24) is 10.1 Å². The van der Waals surface area contributed by atoms with Crippen LogP contribution in [0.1, 0.15) is 32.6 Å². The van der Waals surface area contributed by atoms with Crippen LogP contribution in [0.25, 0.3) is 11.4 Å². The van der Waals surface area contributed by atoms with Gasteiger partial charge >= 0.3 is 0 Å². The molecule has 108 valence electrons. The minimum absolute atomic E-state index is 0.406. The number of benzene rings is 1. The quantitative estimate of drug-likeness (QED) is 0.791. The zero-order valence-corrected chi connectivity index (χ0v) is 12.7. The van der Waals surface area contributed by atoms with E-state index in [1.807, 2.05) is 19.1 Å². The molecule has 2 rings (SSSR count). The van der Waals surface area contributed by atoms with Crippen LogP contribution in [0.4, 0.5) is 0 Å². The van der Waals surface area contributed by atoms with Crippen LogP contribution in [0, 0.1) is 0 Å². The molecule has 0 radical (unpaired) electrons. The highest BCUT2D eigenvalue weighted by Gasteiger charge is 2.12. The van der Waals surface area contributed by atoms with Gasteiger partial charge < -0.3 is 9.63 Å². The van der Waals surface area contributed by atoms with Crippen LogP contribution >= 0.6 is 11.8 Å². The Labute approximate surface area is 123 Å². The van der Waals surface area contributed by atoms with Crippen molar-refractivity contribution in [1.29, 1.82) is 0 Å². The average molecular weight is 292 g/mol. The number of rotatable bonds is 7. The number of hydrogen-bond donors (Lipinski definition) is 1. The van der Waals surface area contributed by atoms with Gasteiger partial charge in [0.25, 0.3) is 0 Å². The van der Waals surface area contributed by atoms with Crippen LogP contribution in [0.2, 0.25) is 0 Å². The first-order chi connectivity index (χ1) is 9.72. The molecule has 0 aliphatic heterocycles. The molecule has 20 heavy (non-hydrogen) atoms. The first-order valence-electron chi connectivity index (χ1n) is 6.96. The second-order valence-corrected chi connectivity index (χ2v) is 5.95. The Kier molecular flexibility index (Phi) is 5.61. The lowest BCUT2D eigenvalue weighted by molar-refractivity contribution is 0.152. The van der Waals surface area contributed by atoms with Gasteiger partial charge in [-0.05, 0) is 36.4 Å². The lowest BCUT2D eigenvalue weighted by Gasteiger charge is -2.03. The summed E-state index contributed by atoms with van der Waals surface area (Å²) < 4.78 is 5.19. The van der Waals surface area contributed by atoms with E-state index in [0.717, 1.165) is 24.2 Å². The zero-order chi connectivity index (χ0) is 14.4. The molecule has 0 aliphatic rings. The van der Waals surface area contributed by atoms with Crippen LogP contribution in [0.3, 0.4) is 0 Å². The molecule has 4 nitrogen and oxygen atoms in total. The summed E-state index contributed by atoms with van der Waals surface area (Å²) in [4.78, 5) is 5.57. The lowest BCUT2D eigenvalue weighted by atomic mass is 10.1. The topological polar surface area (TPSA) is 59.2 Å². The van der Waals surface area contributed by atoms with Crippen LogP contribution in [-0.4, -0.2) is 27.1 Å². The van der Waals surface area contributed by atoms with Crippen molar-refractivity contribution >= 4 is 11.8 Å². The van der Waals surface area contributed by atoms with Crippen molar-refractivity contribution in [2.24, 2.45) is 0 Å². The van der Waals surface area contributed by atoms with Gasteiger partial charge in [0.05, 0.1) is 12.5 Å². The smallest absolute Gasteiger partial charge is 0.229 e. The second kappa shape index (κ2) is 7.45. The fourth-order valence-electron chi connectivity index (χ4n) is 1.96. The lowest BCUT2D eigenvalue weighted by Crippen LogP contribution is -2.09. The molecule has 1 heterocycles. The van der Waals surface area contributed by atoms with Crippen molar-refractivity contribution in [2.75, 3.05) is 5.75 Å². The standard InChI is InChI=1S/C15H20N2O2S/c1-3-5-12(18)10-14-16-15(17-19-14)11-6-8-13(9-7-11)20-4-2/h6-9,12,18H,3-5,10H2,1-2H3. The molecule has 0 saturated carbocycles. The van der Waals surface area contributed by atoms with E-state index in [1.165, 1.54) is 4.90 Å². The number of aliphatic hydroxyl groups excluding tert-OH is 1. The molecule has 1 N–H and O–H groups in total. The molecule has 0 fully saturated rings. The molecule has 5 heteroatoms. The minimum Gasteiger partial charge on any atom is -0.393 e. The fourth-order valence-corrected chi connectivity index (χ4v) is 2.62. The average Bonchev–Trinajstić information content (AvgIpc) is 2.88. The molecule has 2 aromatic rings. The van der Waals surface area contributed by atoms with E-state index < -0.39 is 6.10 Å². The maximum absolute atomic E-state index is 9.75. The van der Waals surface area contributed by atoms with Crippen molar-refractivity contribution in [3.05, 3.63) is 30.2 Å². The van der Waals surface area contributed by atoms with E-state index >= 15 is 0 Å². The third kappa shape index (κ3) is 4.08. The second-order valence-electron chi connectivity index (χ2n) is 4.62. The SMILES string of the molecule is CCCC(O)Cc1nc(-c2ccc(SCC)cc2)no1. The number of nitrogens with zero attached hydrogens (tertiary/aromatic N) is 2. The van der Waals surface area contributed by atoms with E-state index in [4.69, 9.17) is 4.52 Å². The number of aromatic nitrogens is 2. The number of aliphatic hydroxyl groups is 1. The van der Waals surface area contributed by atoms with E-state index in [-0.39, 0.29) is 0 Å². The third-order valence-electron chi connectivity index (χ3n) is 2.92. The first-order valence-corrected chi connectivity index (χ1v) is 7.95. The maximum Gasteiger partial charge on any atom is 0.229 e. The fraction of sp³-hybridized carbons (Fsp3) is 0.467. The van der Waals surface area contributed by atoms with E-state index in [9.17, 15) is 5.11 Å². The van der Waals surface area contributed by atoms with Gasteiger partial charge in [-0.3, -0.25) is 0 Å². The van der Waals surface area contributed by atoms with Crippen molar-refractivity contribution in [3.8, 4) is 11.4 Å². The number of hydrogen-bond acceptors (Lipinski definition) is 5. The normalized spacial score (nSPS) is 12.6. The summed E-state index contributed by atoms with van der Waals surface area (Å²) in [6.07, 6.45) is 1.71. The Bertz CT molecular complexity index is 525. The Morgan fingerprint density at radius 1 is 1.25 bits per heavy atom. The van der Waals surface area contributed by atoms with E-state index in [0.29, 0.717) is 18.1 Å². The maximum atomic E-state index is 9.75. The van der Waals surface area contributed by atoms with E-state index in [2.05, 4.69) is 29.2 Å². The summed E-state index contributed by atoms with van der Waals surface area (Å²) in [5.41, 5.74) is 0.936. The summed E-state index contributed by atoms with van der Waals surface area (Å²) in [5.74, 6) is 2.13. The van der Waals surface area contributed by atoms with Gasteiger partial charge in [0.15, 0.2) is 0 Å². The van der Waals surface area contributed by atoms with Crippen LogP contribution < -0.4 is 0 Å². The Morgan fingerprint density at radius 2 is 2.00 bits per heavy atom. The molecule has 1 aromatic heterocycles. The van der Waals surface area contributed by atoms with Crippen molar-refractivity contribution in [2.45, 2.75) is 44.1 Å². The molecule has 0 amide bonds. The van der Waals surface area contributed by atoms with Crippen LogP contribution in [0.5, 0.6) is 0 Å². The van der Waals surface area contributed by atoms with Gasteiger partial charge in [0.1, 0.15) is 0 Å². The molecule has 0 spiro atoms. The third-order valence-corrected chi connectivity index (χ3v) is 3.82. The minimum atomic E-state index is -0.406.